The molecule has 2 nitrogen and oxygen atoms in total. The molecule has 5 aromatic carbocycles. The molecule has 0 aliphatic heterocycles. The molecule has 5 aromatic rings. The van der Waals surface area contributed by atoms with Gasteiger partial charge in [-0.05, 0) is 51.2 Å². The average Bonchev–Trinajstić information content (AvgIpc) is 2.74. The Morgan fingerprint density at radius 2 is 1.15 bits per heavy atom. The molecule has 0 amide bonds. The Morgan fingerprint density at radius 1 is 0.519 bits per heavy atom. The third-order valence-corrected chi connectivity index (χ3v) is 4.96. The van der Waals surface area contributed by atoms with Crippen LogP contribution in [-0.4, -0.2) is 5.97 Å². The Morgan fingerprint density at radius 3 is 2.04 bits per heavy atom. The van der Waals surface area contributed by atoms with E-state index in [-0.39, 0.29) is 5.97 Å². The van der Waals surface area contributed by atoms with Crippen LogP contribution < -0.4 is 4.74 Å². The van der Waals surface area contributed by atoms with Gasteiger partial charge in [-0.3, -0.25) is 0 Å². The van der Waals surface area contributed by atoms with Crippen molar-refractivity contribution in [3.05, 3.63) is 103 Å². The van der Waals surface area contributed by atoms with Crippen LogP contribution in [-0.2, 0) is 0 Å². The summed E-state index contributed by atoms with van der Waals surface area (Å²) < 4.78 is 5.71. The first-order valence-corrected chi connectivity index (χ1v) is 8.92. The molecule has 0 fully saturated rings. The van der Waals surface area contributed by atoms with E-state index in [0.717, 1.165) is 16.2 Å². The summed E-state index contributed by atoms with van der Waals surface area (Å²) in [6.07, 6.45) is 0. The molecule has 0 aromatic heterocycles. The molecular weight excluding hydrogens is 332 g/mol. The van der Waals surface area contributed by atoms with Gasteiger partial charge in [-0.15, -0.1) is 0 Å². The lowest BCUT2D eigenvalue weighted by molar-refractivity contribution is 0.0737. The molecule has 128 valence electrons. The van der Waals surface area contributed by atoms with Crippen molar-refractivity contribution in [1.82, 2.24) is 0 Å². The molecule has 0 unspecified atom stereocenters. The lowest BCUT2D eigenvalue weighted by Crippen LogP contribution is -2.08. The van der Waals surface area contributed by atoms with Crippen LogP contribution in [0.15, 0.2) is 97.1 Å². The quantitative estimate of drug-likeness (QED) is 0.211. The minimum atomic E-state index is -0.346. The maximum absolute atomic E-state index is 12.5. The summed E-state index contributed by atoms with van der Waals surface area (Å²) in [7, 11) is 0. The molecule has 2 heteroatoms. The Bertz CT molecular complexity index is 1300. The van der Waals surface area contributed by atoms with E-state index in [1.54, 1.807) is 12.1 Å². The van der Waals surface area contributed by atoms with Crippen LogP contribution in [0.4, 0.5) is 0 Å². The Balaban J connectivity index is 1.68. The SMILES string of the molecule is O=C(Oc1cccc2c1ccc1c3ccccc3ccc21)c1ccccc1. The normalized spacial score (nSPS) is 11.1. The van der Waals surface area contributed by atoms with E-state index < -0.39 is 0 Å². The smallest absolute Gasteiger partial charge is 0.343 e. The van der Waals surface area contributed by atoms with Crippen LogP contribution in [0.25, 0.3) is 32.3 Å². The molecule has 0 bridgehead atoms. The number of hydrogen-bond donors (Lipinski definition) is 0. The second-order valence-electron chi connectivity index (χ2n) is 6.55. The monoisotopic (exact) mass is 348 g/mol. The van der Waals surface area contributed by atoms with Crippen molar-refractivity contribution in [1.29, 1.82) is 0 Å². The van der Waals surface area contributed by atoms with E-state index in [9.17, 15) is 4.79 Å². The highest BCUT2D eigenvalue weighted by Crippen LogP contribution is 2.35. The summed E-state index contributed by atoms with van der Waals surface area (Å²) in [4.78, 5) is 12.5. The maximum Gasteiger partial charge on any atom is 0.343 e. The van der Waals surface area contributed by atoms with Crippen LogP contribution in [0.2, 0.25) is 0 Å². The van der Waals surface area contributed by atoms with E-state index in [1.807, 2.05) is 36.4 Å². The summed E-state index contributed by atoms with van der Waals surface area (Å²) in [5.74, 6) is 0.234. The number of rotatable bonds is 2. The van der Waals surface area contributed by atoms with Crippen LogP contribution >= 0.6 is 0 Å². The molecule has 0 aliphatic rings. The zero-order valence-electron chi connectivity index (χ0n) is 14.6. The first kappa shape index (κ1) is 15.6. The topological polar surface area (TPSA) is 26.3 Å². The Kier molecular flexibility index (Phi) is 3.61. The number of hydrogen-bond acceptors (Lipinski definition) is 2. The van der Waals surface area contributed by atoms with Gasteiger partial charge in [-0.25, -0.2) is 4.79 Å². The fraction of sp³-hybridized carbons (Fsp3) is 0. The first-order valence-electron chi connectivity index (χ1n) is 8.92. The number of ether oxygens (including phenoxy) is 1. The van der Waals surface area contributed by atoms with E-state index in [0.29, 0.717) is 11.3 Å². The van der Waals surface area contributed by atoms with E-state index in [1.165, 1.54) is 16.2 Å². The zero-order valence-corrected chi connectivity index (χ0v) is 14.6. The van der Waals surface area contributed by atoms with Gasteiger partial charge in [0.25, 0.3) is 0 Å². The standard InChI is InChI=1S/C25H16O2/c26-25(18-8-2-1-3-9-18)27-24-12-6-11-20-22-14-13-17-7-4-5-10-19(17)21(22)15-16-23(20)24/h1-16H. The lowest BCUT2D eigenvalue weighted by atomic mass is 9.97. The third-order valence-electron chi connectivity index (χ3n) is 4.96. The zero-order chi connectivity index (χ0) is 18.2. The van der Waals surface area contributed by atoms with Gasteiger partial charge in [0, 0.05) is 5.39 Å². The van der Waals surface area contributed by atoms with Crippen molar-refractivity contribution in [2.24, 2.45) is 0 Å². The molecule has 0 saturated heterocycles. The molecule has 0 aliphatic carbocycles. The number of carbonyl (C=O) groups is 1. The molecule has 0 N–H and O–H groups in total. The van der Waals surface area contributed by atoms with Crippen LogP contribution in [0.3, 0.4) is 0 Å². The van der Waals surface area contributed by atoms with Crippen LogP contribution in [0, 0.1) is 0 Å². The summed E-state index contributed by atoms with van der Waals surface area (Å²) in [6.45, 7) is 0. The van der Waals surface area contributed by atoms with Crippen LogP contribution in [0.1, 0.15) is 10.4 Å². The van der Waals surface area contributed by atoms with E-state index >= 15 is 0 Å². The highest BCUT2D eigenvalue weighted by molar-refractivity contribution is 6.18. The van der Waals surface area contributed by atoms with Gasteiger partial charge in [0.2, 0.25) is 0 Å². The number of fused-ring (bicyclic) bond motifs is 5. The van der Waals surface area contributed by atoms with Crippen LogP contribution in [0.5, 0.6) is 5.75 Å². The molecular formula is C25H16O2. The molecule has 5 rings (SSSR count). The molecule has 27 heavy (non-hydrogen) atoms. The van der Waals surface area contributed by atoms with Crippen molar-refractivity contribution in [3.63, 3.8) is 0 Å². The maximum atomic E-state index is 12.5. The highest BCUT2D eigenvalue weighted by Gasteiger charge is 2.12. The van der Waals surface area contributed by atoms with Gasteiger partial charge in [-0.2, -0.15) is 0 Å². The first-order chi connectivity index (χ1) is 13.3. The largest absolute Gasteiger partial charge is 0.422 e. The van der Waals surface area contributed by atoms with Crippen molar-refractivity contribution in [2.75, 3.05) is 0 Å². The summed E-state index contributed by atoms with van der Waals surface area (Å²) in [5.41, 5.74) is 0.543. The van der Waals surface area contributed by atoms with Gasteiger partial charge >= 0.3 is 5.97 Å². The number of benzene rings is 5. The van der Waals surface area contributed by atoms with Crippen molar-refractivity contribution < 1.29 is 9.53 Å². The fourth-order valence-corrected chi connectivity index (χ4v) is 3.65. The summed E-state index contributed by atoms with van der Waals surface area (Å²) >= 11 is 0. The molecule has 0 radical (unpaired) electrons. The summed E-state index contributed by atoms with van der Waals surface area (Å²) in [5, 5.41) is 6.82. The second kappa shape index (κ2) is 6.26. The van der Waals surface area contributed by atoms with Crippen molar-refractivity contribution in [3.8, 4) is 5.75 Å². The molecule has 0 heterocycles. The highest BCUT2D eigenvalue weighted by atomic mass is 16.5. The fourth-order valence-electron chi connectivity index (χ4n) is 3.65. The molecule has 0 spiro atoms. The van der Waals surface area contributed by atoms with Crippen molar-refractivity contribution >= 4 is 38.3 Å². The summed E-state index contributed by atoms with van der Waals surface area (Å²) in [6, 6.07) is 31.7. The average molecular weight is 348 g/mol. The third kappa shape index (κ3) is 2.63. The minimum Gasteiger partial charge on any atom is -0.422 e. The van der Waals surface area contributed by atoms with Crippen molar-refractivity contribution in [2.45, 2.75) is 0 Å². The lowest BCUT2D eigenvalue weighted by Gasteiger charge is -2.11. The van der Waals surface area contributed by atoms with Gasteiger partial charge in [-0.1, -0.05) is 72.8 Å². The minimum absolute atomic E-state index is 0.346. The van der Waals surface area contributed by atoms with Gasteiger partial charge in [0.15, 0.2) is 0 Å². The van der Waals surface area contributed by atoms with Gasteiger partial charge in [0.05, 0.1) is 5.56 Å². The molecule has 0 atom stereocenters. The predicted octanol–water partition coefficient (Wildman–Crippen LogP) is 6.37. The van der Waals surface area contributed by atoms with E-state index in [4.69, 9.17) is 4.74 Å². The second-order valence-corrected chi connectivity index (χ2v) is 6.55. The Hall–Kier alpha value is -3.65. The number of carbonyl (C=O) groups excluding carboxylic acids is 1. The van der Waals surface area contributed by atoms with Gasteiger partial charge in [0.1, 0.15) is 5.75 Å². The predicted molar refractivity (Wildman–Crippen MR) is 110 cm³/mol. The number of esters is 1. The van der Waals surface area contributed by atoms with E-state index in [2.05, 4.69) is 48.5 Å². The Labute approximate surface area is 156 Å². The van der Waals surface area contributed by atoms with Gasteiger partial charge < -0.3 is 4.74 Å². The molecule has 0 saturated carbocycles.